The van der Waals surface area contributed by atoms with Gasteiger partial charge in [0.2, 0.25) is 11.8 Å². The molecule has 2 amide bonds. The minimum absolute atomic E-state index is 0.00473. The van der Waals surface area contributed by atoms with Gasteiger partial charge in [-0.1, -0.05) is 49.2 Å². The second-order valence-electron chi connectivity index (χ2n) is 8.97. The van der Waals surface area contributed by atoms with Crippen LogP contribution in [-0.4, -0.2) is 48.6 Å². The second kappa shape index (κ2) is 11.2. The van der Waals surface area contributed by atoms with Crippen molar-refractivity contribution in [3.05, 3.63) is 59.7 Å². The molecular weight excluding hydrogens is 416 g/mol. The van der Waals surface area contributed by atoms with Crippen LogP contribution in [-0.2, 0) is 22.4 Å². The highest BCUT2D eigenvalue weighted by atomic mass is 16.6. The van der Waals surface area contributed by atoms with E-state index in [1.165, 1.54) is 0 Å². The van der Waals surface area contributed by atoms with Gasteiger partial charge in [-0.3, -0.25) is 9.59 Å². The predicted octanol–water partition coefficient (Wildman–Crippen LogP) is 3.91. The molecule has 33 heavy (non-hydrogen) atoms. The molecule has 6 heteroatoms. The number of aryl methyl sites for hydroxylation is 1. The molecule has 1 atom stereocenters. The Hall–Kier alpha value is -3.02. The third-order valence-electron chi connectivity index (χ3n) is 6.59. The highest BCUT2D eigenvalue weighted by Gasteiger charge is 2.28. The largest absolute Gasteiger partial charge is 0.486 e. The number of carbonyl (C=O) groups excluding carboxylic acids is 2. The Labute approximate surface area is 196 Å². The van der Waals surface area contributed by atoms with Gasteiger partial charge in [-0.2, -0.15) is 0 Å². The first-order valence-electron chi connectivity index (χ1n) is 12.1. The van der Waals surface area contributed by atoms with Gasteiger partial charge in [-0.25, -0.2) is 0 Å². The molecule has 4 rings (SSSR count). The summed E-state index contributed by atoms with van der Waals surface area (Å²) in [6.07, 6.45) is 6.03. The fourth-order valence-electron chi connectivity index (χ4n) is 4.60. The first kappa shape index (κ1) is 23.1. The number of benzene rings is 2. The summed E-state index contributed by atoms with van der Waals surface area (Å²) in [6.45, 7) is 3.46. The lowest BCUT2D eigenvalue weighted by Gasteiger charge is -2.30. The smallest absolute Gasteiger partial charge is 0.242 e. The molecule has 2 aromatic carbocycles. The lowest BCUT2D eigenvalue weighted by Crippen LogP contribution is -2.50. The average molecular weight is 451 g/mol. The molecule has 1 heterocycles. The fraction of sp³-hybridized carbons (Fsp3) is 0.481. The van der Waals surface area contributed by atoms with Crippen molar-refractivity contribution in [2.75, 3.05) is 19.8 Å². The lowest BCUT2D eigenvalue weighted by molar-refractivity contribution is -0.140. The number of fused-ring (bicyclic) bond motifs is 1. The number of hydrogen-bond donors (Lipinski definition) is 1. The number of rotatable bonds is 9. The van der Waals surface area contributed by atoms with Crippen molar-refractivity contribution in [3.63, 3.8) is 0 Å². The van der Waals surface area contributed by atoms with Gasteiger partial charge in [0.1, 0.15) is 19.3 Å². The van der Waals surface area contributed by atoms with Crippen molar-refractivity contribution in [1.82, 2.24) is 10.2 Å². The summed E-state index contributed by atoms with van der Waals surface area (Å²) in [5.74, 6) is 1.42. The van der Waals surface area contributed by atoms with Crippen LogP contribution in [0.25, 0.3) is 0 Å². The fourth-order valence-corrected chi connectivity index (χ4v) is 4.60. The van der Waals surface area contributed by atoms with E-state index < -0.39 is 6.04 Å². The summed E-state index contributed by atoms with van der Waals surface area (Å²) in [4.78, 5) is 28.0. The summed E-state index contributed by atoms with van der Waals surface area (Å²) in [5, 5.41) is 3.16. The van der Waals surface area contributed by atoms with Gasteiger partial charge < -0.3 is 19.7 Å². The van der Waals surface area contributed by atoms with Crippen LogP contribution in [0.3, 0.4) is 0 Å². The molecule has 0 bridgehead atoms. The molecule has 0 spiro atoms. The van der Waals surface area contributed by atoms with Crippen LogP contribution in [0.5, 0.6) is 11.5 Å². The van der Waals surface area contributed by atoms with Gasteiger partial charge in [0.15, 0.2) is 11.5 Å². The number of amides is 2. The van der Waals surface area contributed by atoms with Crippen LogP contribution in [0.1, 0.15) is 50.2 Å². The van der Waals surface area contributed by atoms with Crippen LogP contribution in [0, 0.1) is 0 Å². The zero-order chi connectivity index (χ0) is 23.0. The number of hydrogen-bond acceptors (Lipinski definition) is 4. The molecule has 1 N–H and O–H groups in total. The van der Waals surface area contributed by atoms with Gasteiger partial charge >= 0.3 is 0 Å². The van der Waals surface area contributed by atoms with E-state index in [2.05, 4.69) is 17.4 Å². The number of nitrogens with one attached hydrogen (secondary N) is 1. The minimum atomic E-state index is -0.498. The molecule has 0 unspecified atom stereocenters. The van der Waals surface area contributed by atoms with E-state index in [0.29, 0.717) is 32.6 Å². The molecule has 0 saturated heterocycles. The molecule has 0 radical (unpaired) electrons. The molecule has 1 aliphatic heterocycles. The summed E-state index contributed by atoms with van der Waals surface area (Å²) in [5.41, 5.74) is 2.18. The van der Waals surface area contributed by atoms with E-state index in [0.717, 1.165) is 54.7 Å². The Morgan fingerprint density at radius 2 is 1.70 bits per heavy atom. The Morgan fingerprint density at radius 3 is 2.45 bits per heavy atom. The zero-order valence-corrected chi connectivity index (χ0v) is 19.4. The maximum atomic E-state index is 13.3. The summed E-state index contributed by atoms with van der Waals surface area (Å²) in [7, 11) is 0. The van der Waals surface area contributed by atoms with Gasteiger partial charge in [-0.15, -0.1) is 0 Å². The highest BCUT2D eigenvalue weighted by Crippen LogP contribution is 2.31. The summed E-state index contributed by atoms with van der Waals surface area (Å²) < 4.78 is 11.2. The van der Waals surface area contributed by atoms with Crippen molar-refractivity contribution in [2.24, 2.45) is 0 Å². The third kappa shape index (κ3) is 6.28. The molecule has 2 aromatic rings. The van der Waals surface area contributed by atoms with E-state index in [1.807, 2.05) is 43.3 Å². The van der Waals surface area contributed by atoms with Gasteiger partial charge in [0.05, 0.1) is 0 Å². The number of carbonyl (C=O) groups is 2. The normalized spacial score (nSPS) is 16.3. The van der Waals surface area contributed by atoms with Crippen LogP contribution >= 0.6 is 0 Å². The molecule has 176 valence electrons. The molecule has 1 saturated carbocycles. The maximum absolute atomic E-state index is 13.3. The highest BCUT2D eigenvalue weighted by molar-refractivity contribution is 5.87. The van der Waals surface area contributed by atoms with E-state index in [9.17, 15) is 9.59 Å². The Balaban J connectivity index is 1.40. The average Bonchev–Trinajstić information content (AvgIpc) is 3.36. The second-order valence-corrected chi connectivity index (χ2v) is 8.97. The molecule has 2 aliphatic rings. The predicted molar refractivity (Wildman–Crippen MR) is 127 cm³/mol. The van der Waals surface area contributed by atoms with E-state index in [-0.39, 0.29) is 17.9 Å². The van der Waals surface area contributed by atoms with E-state index in [1.54, 1.807) is 4.90 Å². The molecule has 6 nitrogen and oxygen atoms in total. The van der Waals surface area contributed by atoms with Gasteiger partial charge in [0, 0.05) is 19.0 Å². The topological polar surface area (TPSA) is 67.9 Å². The van der Waals surface area contributed by atoms with E-state index >= 15 is 0 Å². The minimum Gasteiger partial charge on any atom is -0.486 e. The Morgan fingerprint density at radius 1 is 0.970 bits per heavy atom. The first-order chi connectivity index (χ1) is 16.1. The van der Waals surface area contributed by atoms with E-state index in [4.69, 9.17) is 9.47 Å². The monoisotopic (exact) mass is 450 g/mol. The molecule has 1 fully saturated rings. The molecular formula is C27H34N2O4. The maximum Gasteiger partial charge on any atom is 0.242 e. The van der Waals surface area contributed by atoms with Crippen molar-refractivity contribution in [3.8, 4) is 11.5 Å². The molecule has 0 aromatic heterocycles. The van der Waals surface area contributed by atoms with Crippen molar-refractivity contribution >= 4 is 11.8 Å². The standard InChI is InChI=1S/C27H34N2O4/c1-20(27(31)28-23-9-5-6-10-23)29(16-15-21-7-3-2-4-8-21)26(30)14-12-22-11-13-24-25(19-22)33-18-17-32-24/h2-4,7-8,11,13,19-20,23H,5-6,9-10,12,14-18H2,1H3,(H,28,31)/t20-/m1/s1. The molecule has 1 aliphatic carbocycles. The first-order valence-corrected chi connectivity index (χ1v) is 12.1. The summed E-state index contributed by atoms with van der Waals surface area (Å²) >= 11 is 0. The zero-order valence-electron chi connectivity index (χ0n) is 19.4. The quantitative estimate of drug-likeness (QED) is 0.629. The van der Waals surface area contributed by atoms with Gasteiger partial charge in [0.25, 0.3) is 0 Å². The third-order valence-corrected chi connectivity index (χ3v) is 6.59. The van der Waals surface area contributed by atoms with Crippen LogP contribution in [0.2, 0.25) is 0 Å². The number of nitrogens with zero attached hydrogens (tertiary/aromatic N) is 1. The number of ether oxygens (including phenoxy) is 2. The van der Waals surface area contributed by atoms with Crippen molar-refractivity contribution in [2.45, 2.75) is 64.0 Å². The van der Waals surface area contributed by atoms with Crippen molar-refractivity contribution in [1.29, 1.82) is 0 Å². The van der Waals surface area contributed by atoms with Crippen LogP contribution < -0.4 is 14.8 Å². The van der Waals surface area contributed by atoms with Gasteiger partial charge in [-0.05, 0) is 55.9 Å². The Bertz CT molecular complexity index is 940. The summed E-state index contributed by atoms with van der Waals surface area (Å²) in [6, 6.07) is 15.7. The van der Waals surface area contributed by atoms with Crippen LogP contribution in [0.15, 0.2) is 48.5 Å². The van der Waals surface area contributed by atoms with Crippen LogP contribution in [0.4, 0.5) is 0 Å². The Kier molecular flexibility index (Phi) is 7.87. The SMILES string of the molecule is C[C@H](C(=O)NC1CCCC1)N(CCc1ccccc1)C(=O)CCc1ccc2c(c1)OCCO2. The lowest BCUT2D eigenvalue weighted by atomic mass is 10.1. The van der Waals surface area contributed by atoms with Crippen molar-refractivity contribution < 1.29 is 19.1 Å².